The van der Waals surface area contributed by atoms with Crippen molar-refractivity contribution >= 4 is 61.6 Å². The van der Waals surface area contributed by atoms with E-state index >= 15 is 0 Å². The van der Waals surface area contributed by atoms with E-state index in [2.05, 4.69) is 9.05 Å². The van der Waals surface area contributed by atoms with Crippen LogP contribution in [-0.2, 0) is 18.2 Å². The molecule has 12 heteroatoms. The van der Waals surface area contributed by atoms with Crippen LogP contribution in [0.4, 0.5) is 0 Å². The molecule has 0 spiro atoms. The Balaban J connectivity index is 3.71. The highest BCUT2D eigenvalue weighted by atomic mass is 35.5. The normalized spacial score (nSPS) is 18.9. The molecule has 0 rings (SSSR count). The van der Waals surface area contributed by atoms with Crippen LogP contribution in [0, 0.1) is 0 Å². The molecule has 0 aromatic rings. The quantitative estimate of drug-likeness (QED) is 0.374. The molecule has 0 radical (unpaired) electrons. The third kappa shape index (κ3) is 7.91. The molecule has 0 saturated heterocycles. The number of rotatable bonds is 9. The predicted octanol–water partition coefficient (Wildman–Crippen LogP) is 3.06. The zero-order valence-corrected chi connectivity index (χ0v) is 13.7. The van der Waals surface area contributed by atoms with Gasteiger partial charge in [-0.1, -0.05) is 46.4 Å². The summed E-state index contributed by atoms with van der Waals surface area (Å²) in [5.41, 5.74) is 0. The number of hydrogen-bond acceptors (Lipinski definition) is 5. The first kappa shape index (κ1) is 19.5. The maximum absolute atomic E-state index is 11.1. The fraction of sp³-hybridized carbons (Fsp3) is 1.00. The van der Waals surface area contributed by atoms with Crippen molar-refractivity contribution in [3.63, 3.8) is 0 Å². The van der Waals surface area contributed by atoms with Crippen LogP contribution >= 0.6 is 61.6 Å². The minimum Gasteiger partial charge on any atom is -0.777 e. The molecular weight excluding hydrogens is 372 g/mol. The van der Waals surface area contributed by atoms with Gasteiger partial charge in [-0.25, -0.2) is 0 Å². The van der Waals surface area contributed by atoms with Crippen LogP contribution in [0.1, 0.15) is 12.8 Å². The van der Waals surface area contributed by atoms with Gasteiger partial charge in [-0.05, 0) is 12.8 Å². The molecule has 110 valence electrons. The van der Waals surface area contributed by atoms with Gasteiger partial charge in [-0.3, -0.25) is 4.57 Å². The topological polar surface area (TPSA) is 95.9 Å². The standard InChI is InChI=1S/C6H12Cl4O6P2/c7-5(8)17(11,12)15-3-1-2-4-16-18(13,14)6(9)10/h5-6H,1-4H2,(H,11,12)(H,13,14)/p-1. The second-order valence-corrected chi connectivity index (χ2v) is 10.2. The molecule has 0 aliphatic carbocycles. The molecule has 0 aliphatic heterocycles. The SMILES string of the molecule is O=P([O-])(OCCCCOP(=O)(O)C(Cl)Cl)C(Cl)Cl. The molecular formula is C6H11Cl4O6P2-. The summed E-state index contributed by atoms with van der Waals surface area (Å²) in [7, 11) is -8.30. The highest BCUT2D eigenvalue weighted by Gasteiger charge is 2.28. The fourth-order valence-corrected chi connectivity index (χ4v) is 2.38. The van der Waals surface area contributed by atoms with E-state index in [0.29, 0.717) is 0 Å². The van der Waals surface area contributed by atoms with Crippen molar-refractivity contribution in [3.05, 3.63) is 0 Å². The summed E-state index contributed by atoms with van der Waals surface area (Å²) in [6.45, 7) is -0.262. The molecule has 1 N–H and O–H groups in total. The molecule has 0 aliphatic rings. The van der Waals surface area contributed by atoms with Crippen molar-refractivity contribution < 1.29 is 28.0 Å². The van der Waals surface area contributed by atoms with Gasteiger partial charge in [0.2, 0.25) is 4.58 Å². The lowest BCUT2D eigenvalue weighted by Gasteiger charge is -2.23. The molecule has 0 fully saturated rings. The van der Waals surface area contributed by atoms with Crippen molar-refractivity contribution in [3.8, 4) is 0 Å². The first-order valence-corrected chi connectivity index (χ1v) is 9.58. The minimum atomic E-state index is -4.27. The third-order valence-electron chi connectivity index (χ3n) is 1.57. The van der Waals surface area contributed by atoms with E-state index in [1.807, 2.05) is 0 Å². The molecule has 18 heavy (non-hydrogen) atoms. The molecule has 0 aromatic heterocycles. The van der Waals surface area contributed by atoms with Crippen LogP contribution in [0.3, 0.4) is 0 Å². The van der Waals surface area contributed by atoms with Gasteiger partial charge in [0, 0.05) is 0 Å². The van der Waals surface area contributed by atoms with Crippen molar-refractivity contribution in [1.29, 1.82) is 0 Å². The monoisotopic (exact) mass is 381 g/mol. The van der Waals surface area contributed by atoms with Crippen molar-refractivity contribution in [2.24, 2.45) is 0 Å². The van der Waals surface area contributed by atoms with E-state index in [1.165, 1.54) is 0 Å². The Morgan fingerprint density at radius 2 is 1.44 bits per heavy atom. The number of alkyl halides is 4. The van der Waals surface area contributed by atoms with Crippen LogP contribution in [0.5, 0.6) is 0 Å². The summed E-state index contributed by atoms with van der Waals surface area (Å²) >= 11 is 20.7. The average molecular weight is 383 g/mol. The number of halogens is 4. The van der Waals surface area contributed by atoms with Gasteiger partial charge >= 0.3 is 7.60 Å². The Morgan fingerprint density at radius 1 is 1.00 bits per heavy atom. The molecule has 2 atom stereocenters. The van der Waals surface area contributed by atoms with Gasteiger partial charge < -0.3 is 23.4 Å². The van der Waals surface area contributed by atoms with Crippen LogP contribution in [-0.4, -0.2) is 27.3 Å². The van der Waals surface area contributed by atoms with Gasteiger partial charge in [0.05, 0.1) is 13.2 Å². The summed E-state index contributed by atoms with van der Waals surface area (Å²) < 4.78 is 28.0. The smallest absolute Gasteiger partial charge is 0.360 e. The van der Waals surface area contributed by atoms with E-state index < -0.39 is 24.3 Å². The molecule has 0 bridgehead atoms. The van der Waals surface area contributed by atoms with Crippen LogP contribution in [0.25, 0.3) is 0 Å². The molecule has 0 amide bonds. The minimum absolute atomic E-state index is 0.110. The summed E-state index contributed by atoms with van der Waals surface area (Å²) in [6.07, 6.45) is 0.544. The first-order valence-electron chi connectivity index (χ1n) is 4.58. The highest BCUT2D eigenvalue weighted by molar-refractivity contribution is 7.57. The Kier molecular flexibility index (Phi) is 9.39. The number of unbranched alkanes of at least 4 members (excludes halogenated alkanes) is 1. The maximum atomic E-state index is 11.1. The van der Waals surface area contributed by atoms with E-state index in [-0.39, 0.29) is 26.1 Å². The second kappa shape index (κ2) is 8.68. The summed E-state index contributed by atoms with van der Waals surface area (Å²) in [4.78, 5) is 20.1. The zero-order valence-electron chi connectivity index (χ0n) is 8.88. The maximum Gasteiger partial charge on any atom is 0.360 e. The summed E-state index contributed by atoms with van der Waals surface area (Å²) in [6, 6.07) is 0. The van der Waals surface area contributed by atoms with E-state index in [4.69, 9.17) is 51.3 Å². The lowest BCUT2D eigenvalue weighted by molar-refractivity contribution is -0.198. The second-order valence-electron chi connectivity index (χ2n) is 3.03. The third-order valence-corrected chi connectivity index (χ3v) is 6.55. The predicted molar refractivity (Wildman–Crippen MR) is 69.6 cm³/mol. The summed E-state index contributed by atoms with van der Waals surface area (Å²) in [5, 5.41) is 0. The van der Waals surface area contributed by atoms with Gasteiger partial charge in [0.1, 0.15) is 0 Å². The fourth-order valence-electron chi connectivity index (χ4n) is 0.704. The Morgan fingerprint density at radius 3 is 1.83 bits per heavy atom. The molecule has 6 nitrogen and oxygen atoms in total. The lowest BCUT2D eigenvalue weighted by atomic mass is 10.3. The van der Waals surface area contributed by atoms with Crippen molar-refractivity contribution in [1.82, 2.24) is 0 Å². The molecule has 0 aromatic carbocycles. The van der Waals surface area contributed by atoms with Crippen molar-refractivity contribution in [2.75, 3.05) is 13.2 Å². The van der Waals surface area contributed by atoms with Gasteiger partial charge in [-0.2, -0.15) is 0 Å². The molecule has 2 unspecified atom stereocenters. The van der Waals surface area contributed by atoms with E-state index in [0.717, 1.165) is 0 Å². The van der Waals surface area contributed by atoms with Crippen LogP contribution in [0.15, 0.2) is 0 Å². The molecule has 0 heterocycles. The average Bonchev–Trinajstić information content (AvgIpc) is 2.22. The van der Waals surface area contributed by atoms with Crippen LogP contribution in [0.2, 0.25) is 0 Å². The number of hydrogen-bond donors (Lipinski definition) is 1. The largest absolute Gasteiger partial charge is 0.777 e. The summed E-state index contributed by atoms with van der Waals surface area (Å²) in [5.74, 6) is 0. The van der Waals surface area contributed by atoms with E-state index in [1.54, 1.807) is 0 Å². The van der Waals surface area contributed by atoms with Gasteiger partial charge in [0.25, 0.3) is 0 Å². The Hall–Kier alpha value is 1.46. The lowest BCUT2D eigenvalue weighted by Crippen LogP contribution is -2.11. The zero-order chi connectivity index (χ0) is 14.4. The van der Waals surface area contributed by atoms with Crippen molar-refractivity contribution in [2.45, 2.75) is 22.0 Å². The van der Waals surface area contributed by atoms with Gasteiger partial charge in [0.15, 0.2) is 12.2 Å². The Labute approximate surface area is 125 Å². The molecule has 0 saturated carbocycles. The van der Waals surface area contributed by atoms with Crippen LogP contribution < -0.4 is 4.89 Å². The Bertz CT molecular complexity index is 306. The van der Waals surface area contributed by atoms with E-state index in [9.17, 15) is 14.0 Å². The first-order chi connectivity index (χ1) is 8.09. The van der Waals surface area contributed by atoms with Gasteiger partial charge in [-0.15, -0.1) is 0 Å². The highest BCUT2D eigenvalue weighted by Crippen LogP contribution is 2.51.